The molecule has 2 saturated carbocycles. The van der Waals surface area contributed by atoms with E-state index in [1.807, 2.05) is 36.6 Å². The molecule has 2 aromatic rings. The predicted octanol–water partition coefficient (Wildman–Crippen LogP) is 4.65. The van der Waals surface area contributed by atoms with Crippen LogP contribution in [0, 0.1) is 24.7 Å². The van der Waals surface area contributed by atoms with Gasteiger partial charge in [-0.3, -0.25) is 9.36 Å². The monoisotopic (exact) mass is 418 g/mol. The topological polar surface area (TPSA) is 59.8 Å². The number of halogens is 1. The van der Waals surface area contributed by atoms with Crippen LogP contribution in [0.2, 0.25) is 5.02 Å². The van der Waals surface area contributed by atoms with Crippen LogP contribution in [-0.2, 0) is 4.79 Å². The first-order chi connectivity index (χ1) is 13.4. The minimum Gasteiger partial charge on any atom is -0.352 e. The van der Waals surface area contributed by atoms with Crippen LogP contribution in [0.4, 0.5) is 0 Å². The van der Waals surface area contributed by atoms with Crippen molar-refractivity contribution in [2.45, 2.75) is 62.9 Å². The Balaban J connectivity index is 1.39. The van der Waals surface area contributed by atoms with Gasteiger partial charge in [0.15, 0.2) is 5.16 Å². The number of aromatic nitrogens is 3. The number of rotatable bonds is 6. The summed E-state index contributed by atoms with van der Waals surface area (Å²) in [5, 5.41) is 12.6. The molecule has 4 rings (SSSR count). The van der Waals surface area contributed by atoms with Crippen molar-refractivity contribution < 1.29 is 4.79 Å². The molecule has 7 heteroatoms. The SMILES string of the molecule is Cc1ccc(-n2cnnc2SC(C)C(=O)NC(C)C2CC3CCC2C3)cc1Cl. The highest BCUT2D eigenvalue weighted by Crippen LogP contribution is 2.49. The molecule has 1 heterocycles. The van der Waals surface area contributed by atoms with Gasteiger partial charge in [0.05, 0.1) is 10.9 Å². The summed E-state index contributed by atoms with van der Waals surface area (Å²) in [7, 11) is 0. The van der Waals surface area contributed by atoms with Gasteiger partial charge in [-0.2, -0.15) is 0 Å². The molecule has 0 saturated heterocycles. The normalized spacial score (nSPS) is 25.6. The van der Waals surface area contributed by atoms with Crippen molar-refractivity contribution in [3.63, 3.8) is 0 Å². The van der Waals surface area contributed by atoms with E-state index in [0.29, 0.717) is 16.1 Å². The average Bonchev–Trinajstić information content (AvgIpc) is 3.40. The lowest BCUT2D eigenvalue weighted by molar-refractivity contribution is -0.121. The highest BCUT2D eigenvalue weighted by Gasteiger charge is 2.42. The lowest BCUT2D eigenvalue weighted by atomic mass is 9.84. The van der Waals surface area contributed by atoms with Gasteiger partial charge in [-0.25, -0.2) is 0 Å². The quantitative estimate of drug-likeness (QED) is 0.693. The van der Waals surface area contributed by atoms with Gasteiger partial charge in [0.1, 0.15) is 6.33 Å². The average molecular weight is 419 g/mol. The van der Waals surface area contributed by atoms with E-state index in [0.717, 1.165) is 23.1 Å². The number of benzene rings is 1. The third-order valence-electron chi connectivity index (χ3n) is 6.41. The summed E-state index contributed by atoms with van der Waals surface area (Å²) in [4.78, 5) is 12.8. The summed E-state index contributed by atoms with van der Waals surface area (Å²) in [6, 6.07) is 6.09. The summed E-state index contributed by atoms with van der Waals surface area (Å²) in [5.74, 6) is 2.40. The van der Waals surface area contributed by atoms with Crippen LogP contribution < -0.4 is 5.32 Å². The number of hydrogen-bond donors (Lipinski definition) is 1. The smallest absolute Gasteiger partial charge is 0.233 e. The fourth-order valence-electron chi connectivity index (χ4n) is 4.78. The fourth-order valence-corrected chi connectivity index (χ4v) is 5.81. The van der Waals surface area contributed by atoms with Crippen molar-refractivity contribution in [2.75, 3.05) is 0 Å². The molecular weight excluding hydrogens is 392 g/mol. The molecule has 5 atom stereocenters. The Hall–Kier alpha value is -1.53. The highest BCUT2D eigenvalue weighted by atomic mass is 35.5. The molecule has 0 spiro atoms. The zero-order chi connectivity index (χ0) is 19.8. The van der Waals surface area contributed by atoms with E-state index in [2.05, 4.69) is 22.4 Å². The summed E-state index contributed by atoms with van der Waals surface area (Å²) in [5.41, 5.74) is 1.92. The van der Waals surface area contributed by atoms with Crippen LogP contribution in [0.3, 0.4) is 0 Å². The van der Waals surface area contributed by atoms with Crippen molar-refractivity contribution in [2.24, 2.45) is 17.8 Å². The number of nitrogens with zero attached hydrogens (tertiary/aromatic N) is 3. The van der Waals surface area contributed by atoms with Gasteiger partial charge in [0, 0.05) is 11.1 Å². The number of fused-ring (bicyclic) bond motifs is 2. The molecule has 2 fully saturated rings. The third kappa shape index (κ3) is 3.94. The maximum absolute atomic E-state index is 12.8. The van der Waals surface area contributed by atoms with E-state index in [1.54, 1.807) is 6.33 Å². The van der Waals surface area contributed by atoms with E-state index in [4.69, 9.17) is 11.6 Å². The van der Waals surface area contributed by atoms with E-state index in [-0.39, 0.29) is 17.2 Å². The molecule has 150 valence electrons. The van der Waals surface area contributed by atoms with Crippen molar-refractivity contribution in [1.82, 2.24) is 20.1 Å². The first-order valence-corrected chi connectivity index (χ1v) is 11.3. The largest absolute Gasteiger partial charge is 0.352 e. The zero-order valence-corrected chi connectivity index (χ0v) is 18.1. The number of carbonyl (C=O) groups is 1. The fraction of sp³-hybridized carbons (Fsp3) is 0.571. The summed E-state index contributed by atoms with van der Waals surface area (Å²) >= 11 is 7.68. The van der Waals surface area contributed by atoms with Gasteiger partial charge >= 0.3 is 0 Å². The van der Waals surface area contributed by atoms with Gasteiger partial charge in [-0.1, -0.05) is 35.9 Å². The summed E-state index contributed by atoms with van der Waals surface area (Å²) in [6.07, 6.45) is 7.01. The third-order valence-corrected chi connectivity index (χ3v) is 7.87. The standard InChI is InChI=1S/C21H27ClN4OS/c1-12-4-7-17(10-19(12)22)26-11-23-25-21(26)28-14(3)20(27)24-13(2)18-9-15-5-6-16(18)8-15/h4,7,10-11,13-16,18H,5-6,8-9H2,1-3H3,(H,24,27). The van der Waals surface area contributed by atoms with E-state index in [9.17, 15) is 4.79 Å². The van der Waals surface area contributed by atoms with Crippen LogP contribution >= 0.6 is 23.4 Å². The minimum atomic E-state index is -0.245. The van der Waals surface area contributed by atoms with Crippen molar-refractivity contribution in [1.29, 1.82) is 0 Å². The molecule has 28 heavy (non-hydrogen) atoms. The second-order valence-electron chi connectivity index (χ2n) is 8.31. The van der Waals surface area contributed by atoms with Crippen LogP contribution in [0.15, 0.2) is 29.7 Å². The maximum atomic E-state index is 12.8. The first kappa shape index (κ1) is 19.8. The molecule has 5 unspecified atom stereocenters. The Morgan fingerprint density at radius 2 is 2.14 bits per heavy atom. The second kappa shape index (κ2) is 8.07. The molecule has 2 aliphatic rings. The van der Waals surface area contributed by atoms with E-state index >= 15 is 0 Å². The zero-order valence-electron chi connectivity index (χ0n) is 16.6. The number of hydrogen-bond acceptors (Lipinski definition) is 4. The Kier molecular flexibility index (Phi) is 5.70. The molecular formula is C21H27ClN4OS. The second-order valence-corrected chi connectivity index (χ2v) is 10.0. The van der Waals surface area contributed by atoms with Crippen molar-refractivity contribution in [3.8, 4) is 5.69 Å². The molecule has 2 aliphatic carbocycles. The predicted molar refractivity (Wildman–Crippen MR) is 113 cm³/mol. The summed E-state index contributed by atoms with van der Waals surface area (Å²) in [6.45, 7) is 6.06. The molecule has 2 bridgehead atoms. The highest BCUT2D eigenvalue weighted by molar-refractivity contribution is 8.00. The molecule has 1 N–H and O–H groups in total. The van der Waals surface area contributed by atoms with Crippen molar-refractivity contribution in [3.05, 3.63) is 35.1 Å². The van der Waals surface area contributed by atoms with Gasteiger partial charge in [-0.15, -0.1) is 10.2 Å². The van der Waals surface area contributed by atoms with Gasteiger partial charge in [0.2, 0.25) is 5.91 Å². The lowest BCUT2D eigenvalue weighted by Crippen LogP contribution is -2.43. The van der Waals surface area contributed by atoms with E-state index < -0.39 is 0 Å². The van der Waals surface area contributed by atoms with E-state index in [1.165, 1.54) is 37.4 Å². The van der Waals surface area contributed by atoms with Crippen molar-refractivity contribution >= 4 is 29.3 Å². The number of nitrogens with one attached hydrogen (secondary N) is 1. The molecule has 0 radical (unpaired) electrons. The molecule has 1 amide bonds. The Bertz CT molecular complexity index is 870. The molecule has 1 aromatic heterocycles. The molecule has 1 aromatic carbocycles. The number of amides is 1. The number of thioether (sulfide) groups is 1. The summed E-state index contributed by atoms with van der Waals surface area (Å²) < 4.78 is 1.87. The first-order valence-electron chi connectivity index (χ1n) is 10.1. The van der Waals surface area contributed by atoms with Crippen LogP contribution in [0.5, 0.6) is 0 Å². The van der Waals surface area contributed by atoms with Crippen LogP contribution in [0.1, 0.15) is 45.1 Å². The van der Waals surface area contributed by atoms with Gasteiger partial charge in [0.25, 0.3) is 0 Å². The number of carbonyl (C=O) groups excluding carboxylic acids is 1. The van der Waals surface area contributed by atoms with Gasteiger partial charge in [-0.05, 0) is 75.5 Å². The Morgan fingerprint density at radius 3 is 2.82 bits per heavy atom. The van der Waals surface area contributed by atoms with Crippen LogP contribution in [0.25, 0.3) is 5.69 Å². The van der Waals surface area contributed by atoms with Crippen LogP contribution in [-0.4, -0.2) is 32.0 Å². The lowest BCUT2D eigenvalue weighted by Gasteiger charge is -2.29. The Labute approximate surface area is 175 Å². The minimum absolute atomic E-state index is 0.0664. The maximum Gasteiger partial charge on any atom is 0.233 e. The van der Waals surface area contributed by atoms with Gasteiger partial charge < -0.3 is 5.32 Å². The number of aryl methyl sites for hydroxylation is 1. The Morgan fingerprint density at radius 1 is 1.32 bits per heavy atom. The molecule has 5 nitrogen and oxygen atoms in total. The molecule has 0 aliphatic heterocycles.